The Morgan fingerprint density at radius 3 is 2.67 bits per heavy atom. The van der Waals surface area contributed by atoms with Crippen LogP contribution in [0.2, 0.25) is 0 Å². The molecule has 2 N–H and O–H groups in total. The second-order valence-corrected chi connectivity index (χ2v) is 6.11. The molecule has 8 nitrogen and oxygen atoms in total. The van der Waals surface area contributed by atoms with Crippen molar-refractivity contribution in [3.63, 3.8) is 0 Å². The van der Waals surface area contributed by atoms with Gasteiger partial charge in [-0.05, 0) is 24.3 Å². The van der Waals surface area contributed by atoms with E-state index in [1.165, 1.54) is 18.3 Å². The highest BCUT2D eigenvalue weighted by atomic mass is 16.5. The Kier molecular flexibility index (Phi) is 5.65. The van der Waals surface area contributed by atoms with Crippen molar-refractivity contribution in [3.05, 3.63) is 59.9 Å². The number of carbonyl (C=O) groups excluding carboxylic acids is 2. The summed E-state index contributed by atoms with van der Waals surface area (Å²) in [7, 11) is 0. The number of carbonyl (C=O) groups is 3. The summed E-state index contributed by atoms with van der Waals surface area (Å²) in [5.74, 6) is -0.848. The van der Waals surface area contributed by atoms with E-state index in [4.69, 9.17) is 9.84 Å². The molecule has 0 aliphatic carbocycles. The Morgan fingerprint density at radius 2 is 2.00 bits per heavy atom. The summed E-state index contributed by atoms with van der Waals surface area (Å²) in [5, 5.41) is 11.6. The number of nitrogens with one attached hydrogen (secondary N) is 1. The fourth-order valence-corrected chi connectivity index (χ4v) is 2.80. The zero-order valence-electron chi connectivity index (χ0n) is 14.5. The second-order valence-electron chi connectivity index (χ2n) is 6.11. The summed E-state index contributed by atoms with van der Waals surface area (Å²) < 4.78 is 5.59. The van der Waals surface area contributed by atoms with Crippen LogP contribution in [0, 0.1) is 0 Å². The molecule has 1 aromatic heterocycles. The van der Waals surface area contributed by atoms with E-state index in [2.05, 4.69) is 10.3 Å². The van der Waals surface area contributed by atoms with Gasteiger partial charge in [0.25, 0.3) is 5.91 Å². The lowest BCUT2D eigenvalue weighted by Crippen LogP contribution is -2.38. The van der Waals surface area contributed by atoms with Gasteiger partial charge in [-0.25, -0.2) is 9.78 Å². The van der Waals surface area contributed by atoms with Gasteiger partial charge in [-0.2, -0.15) is 0 Å². The summed E-state index contributed by atoms with van der Waals surface area (Å²) in [5.41, 5.74) is 0.116. The number of aromatic nitrogens is 1. The first kappa shape index (κ1) is 18.4. The van der Waals surface area contributed by atoms with Gasteiger partial charge in [0.15, 0.2) is 0 Å². The molecular weight excluding hydrogens is 350 g/mol. The van der Waals surface area contributed by atoms with Crippen LogP contribution >= 0.6 is 0 Å². The molecule has 2 heterocycles. The minimum Gasteiger partial charge on any atom is -0.492 e. The zero-order chi connectivity index (χ0) is 19.2. The van der Waals surface area contributed by atoms with E-state index in [0.29, 0.717) is 19.7 Å². The van der Waals surface area contributed by atoms with Crippen molar-refractivity contribution in [2.24, 2.45) is 0 Å². The van der Waals surface area contributed by atoms with Crippen LogP contribution in [0.15, 0.2) is 48.7 Å². The van der Waals surface area contributed by atoms with Crippen molar-refractivity contribution in [1.29, 1.82) is 0 Å². The minimum absolute atomic E-state index is 0.0451. The summed E-state index contributed by atoms with van der Waals surface area (Å²) in [6.07, 6.45) is 1.43. The Balaban J connectivity index is 1.48. The van der Waals surface area contributed by atoms with E-state index in [1.807, 2.05) is 30.3 Å². The Hall–Kier alpha value is -3.42. The maximum absolute atomic E-state index is 12.2. The normalized spacial score (nSPS) is 16.2. The number of pyridine rings is 1. The number of amides is 2. The minimum atomic E-state index is -1.16. The molecule has 1 aliphatic heterocycles. The molecule has 0 radical (unpaired) electrons. The number of carboxylic acids is 1. The zero-order valence-corrected chi connectivity index (χ0v) is 14.5. The van der Waals surface area contributed by atoms with Crippen molar-refractivity contribution < 1.29 is 24.2 Å². The highest BCUT2D eigenvalue weighted by Crippen LogP contribution is 2.13. The predicted molar refractivity (Wildman–Crippen MR) is 95.6 cm³/mol. The van der Waals surface area contributed by atoms with E-state index >= 15 is 0 Å². The molecule has 1 saturated heterocycles. The van der Waals surface area contributed by atoms with Crippen molar-refractivity contribution in [2.75, 3.05) is 19.7 Å². The van der Waals surface area contributed by atoms with E-state index in [0.717, 1.165) is 5.75 Å². The highest BCUT2D eigenvalue weighted by molar-refractivity contribution is 5.95. The first-order valence-electron chi connectivity index (χ1n) is 8.49. The van der Waals surface area contributed by atoms with Gasteiger partial charge in [-0.3, -0.25) is 9.59 Å². The number of para-hydroxylation sites is 1. The average Bonchev–Trinajstić information content (AvgIpc) is 3.01. The Bertz CT molecular complexity index is 823. The quantitative estimate of drug-likeness (QED) is 0.759. The molecule has 1 aliphatic rings. The van der Waals surface area contributed by atoms with Crippen molar-refractivity contribution >= 4 is 17.8 Å². The molecule has 0 unspecified atom stereocenters. The van der Waals surface area contributed by atoms with Crippen LogP contribution in [0.4, 0.5) is 0 Å². The van der Waals surface area contributed by atoms with Crippen LogP contribution in [0.5, 0.6) is 5.75 Å². The van der Waals surface area contributed by atoms with Gasteiger partial charge in [0.05, 0.1) is 18.2 Å². The van der Waals surface area contributed by atoms with Crippen LogP contribution in [0.1, 0.15) is 27.3 Å². The summed E-state index contributed by atoms with van der Waals surface area (Å²) >= 11 is 0. The van der Waals surface area contributed by atoms with Gasteiger partial charge in [0.2, 0.25) is 5.91 Å². The second kappa shape index (κ2) is 8.31. The molecule has 1 aromatic carbocycles. The molecule has 140 valence electrons. The summed E-state index contributed by atoms with van der Waals surface area (Å²) in [4.78, 5) is 40.5. The summed E-state index contributed by atoms with van der Waals surface area (Å²) in [6, 6.07) is 11.7. The van der Waals surface area contributed by atoms with E-state index in [9.17, 15) is 14.4 Å². The highest BCUT2D eigenvalue weighted by Gasteiger charge is 2.30. The van der Waals surface area contributed by atoms with Crippen molar-refractivity contribution in [2.45, 2.75) is 12.5 Å². The fraction of sp³-hybridized carbons (Fsp3) is 0.263. The number of benzene rings is 1. The van der Waals surface area contributed by atoms with Gasteiger partial charge in [0, 0.05) is 19.2 Å². The van der Waals surface area contributed by atoms with Gasteiger partial charge in [-0.15, -0.1) is 0 Å². The molecule has 1 atom stereocenters. The molecule has 8 heteroatoms. The van der Waals surface area contributed by atoms with Crippen LogP contribution in [-0.2, 0) is 4.79 Å². The number of hydrogen-bond donors (Lipinski definition) is 2. The SMILES string of the molecule is O=C(N[C@@H]1CC(=O)N(CCOc2ccccc2)C1)c1ccc(C(=O)O)nc1. The molecule has 0 spiro atoms. The Morgan fingerprint density at radius 1 is 1.22 bits per heavy atom. The number of ether oxygens (including phenoxy) is 1. The predicted octanol–water partition coefficient (Wildman–Crippen LogP) is 1.19. The molecule has 2 amide bonds. The number of rotatable bonds is 7. The molecule has 0 saturated carbocycles. The van der Waals surface area contributed by atoms with Crippen LogP contribution < -0.4 is 10.1 Å². The monoisotopic (exact) mass is 369 g/mol. The van der Waals surface area contributed by atoms with Gasteiger partial charge < -0.3 is 20.1 Å². The van der Waals surface area contributed by atoms with Crippen LogP contribution in [-0.4, -0.2) is 58.5 Å². The van der Waals surface area contributed by atoms with E-state index in [1.54, 1.807) is 4.90 Å². The number of carboxylic acid groups (broad SMARTS) is 1. The number of hydrogen-bond acceptors (Lipinski definition) is 5. The van der Waals surface area contributed by atoms with Crippen LogP contribution in [0.25, 0.3) is 0 Å². The first-order valence-corrected chi connectivity index (χ1v) is 8.49. The lowest BCUT2D eigenvalue weighted by molar-refractivity contribution is -0.128. The molecule has 1 fully saturated rings. The third-order valence-corrected chi connectivity index (χ3v) is 4.17. The lowest BCUT2D eigenvalue weighted by Gasteiger charge is -2.17. The first-order chi connectivity index (χ1) is 13.0. The molecular formula is C19H19N3O5. The van der Waals surface area contributed by atoms with Crippen molar-refractivity contribution in [3.8, 4) is 5.75 Å². The summed E-state index contributed by atoms with van der Waals surface area (Å²) in [6.45, 7) is 1.22. The lowest BCUT2D eigenvalue weighted by atomic mass is 10.2. The van der Waals surface area contributed by atoms with Gasteiger partial charge >= 0.3 is 5.97 Å². The third kappa shape index (κ3) is 4.81. The van der Waals surface area contributed by atoms with Gasteiger partial charge in [-0.1, -0.05) is 18.2 Å². The molecule has 3 rings (SSSR count). The number of nitrogens with zero attached hydrogens (tertiary/aromatic N) is 2. The molecule has 0 bridgehead atoms. The fourth-order valence-electron chi connectivity index (χ4n) is 2.80. The topological polar surface area (TPSA) is 109 Å². The average molecular weight is 369 g/mol. The van der Waals surface area contributed by atoms with Crippen LogP contribution in [0.3, 0.4) is 0 Å². The largest absolute Gasteiger partial charge is 0.492 e. The molecule has 2 aromatic rings. The maximum atomic E-state index is 12.2. The number of likely N-dealkylation sites (tertiary alicyclic amines) is 1. The smallest absolute Gasteiger partial charge is 0.354 e. The van der Waals surface area contributed by atoms with Crippen molar-refractivity contribution in [1.82, 2.24) is 15.2 Å². The van der Waals surface area contributed by atoms with Gasteiger partial charge in [0.1, 0.15) is 18.1 Å². The molecule has 27 heavy (non-hydrogen) atoms. The third-order valence-electron chi connectivity index (χ3n) is 4.17. The maximum Gasteiger partial charge on any atom is 0.354 e. The van der Waals surface area contributed by atoms with E-state index < -0.39 is 5.97 Å². The number of aromatic carboxylic acids is 1. The van der Waals surface area contributed by atoms with E-state index in [-0.39, 0.29) is 35.5 Å². The Labute approximate surface area is 155 Å². The standard InChI is InChI=1S/C19H19N3O5/c23-17-10-14(12-22(17)8-9-27-15-4-2-1-3-5-15)21-18(24)13-6-7-16(19(25)26)20-11-13/h1-7,11,14H,8-10,12H2,(H,21,24)(H,25,26)/t14-/m1/s1.